The average Bonchev–Trinajstić information content (AvgIpc) is 2.65. The molecule has 0 aromatic carbocycles. The molecule has 0 aliphatic rings. The number of imidazole rings is 1. The van der Waals surface area contributed by atoms with Crippen LogP contribution in [0.3, 0.4) is 0 Å². The number of nitrogens with zero attached hydrogens (tertiary/aromatic N) is 2. The van der Waals surface area contributed by atoms with Crippen molar-refractivity contribution in [2.45, 2.75) is 27.0 Å². The predicted molar refractivity (Wildman–Crippen MR) is 56.1 cm³/mol. The molecule has 1 heterocycles. The summed E-state index contributed by atoms with van der Waals surface area (Å²) in [5.74, 6) is 0. The van der Waals surface area contributed by atoms with Crippen molar-refractivity contribution in [1.29, 1.82) is 0 Å². The molecule has 1 N–H and O–H groups in total. The lowest BCUT2D eigenvalue weighted by molar-refractivity contribution is 0.118. The standard InChI is InChI=1S/C10H19N3O/c1-3-11-5-6-14-8-10-7-12-9-13(10)4-2/h7,9,11H,3-6,8H2,1-2H3. The molecule has 0 atom stereocenters. The summed E-state index contributed by atoms with van der Waals surface area (Å²) in [4.78, 5) is 4.08. The Morgan fingerprint density at radius 1 is 1.50 bits per heavy atom. The Kier molecular flexibility index (Phi) is 5.25. The van der Waals surface area contributed by atoms with E-state index in [1.165, 1.54) is 0 Å². The summed E-state index contributed by atoms with van der Waals surface area (Å²) in [5.41, 5.74) is 1.14. The maximum Gasteiger partial charge on any atom is 0.0948 e. The van der Waals surface area contributed by atoms with Gasteiger partial charge in [0.25, 0.3) is 0 Å². The molecule has 4 nitrogen and oxygen atoms in total. The van der Waals surface area contributed by atoms with Crippen LogP contribution in [0, 0.1) is 0 Å². The molecule has 1 rings (SSSR count). The van der Waals surface area contributed by atoms with Gasteiger partial charge in [0.1, 0.15) is 0 Å². The first-order chi connectivity index (χ1) is 6.88. The SMILES string of the molecule is CCNCCOCc1cncn1CC. The van der Waals surface area contributed by atoms with Gasteiger partial charge in [0.2, 0.25) is 0 Å². The van der Waals surface area contributed by atoms with E-state index in [0.717, 1.165) is 31.9 Å². The van der Waals surface area contributed by atoms with Gasteiger partial charge in [0.05, 0.1) is 31.4 Å². The number of likely N-dealkylation sites (N-methyl/N-ethyl adjacent to an activating group) is 1. The number of aryl methyl sites for hydroxylation is 1. The summed E-state index contributed by atoms with van der Waals surface area (Å²) < 4.78 is 7.59. The van der Waals surface area contributed by atoms with Crippen LogP contribution in [0.5, 0.6) is 0 Å². The fourth-order valence-corrected chi connectivity index (χ4v) is 1.25. The molecule has 0 radical (unpaired) electrons. The zero-order valence-electron chi connectivity index (χ0n) is 8.99. The van der Waals surface area contributed by atoms with Gasteiger partial charge in [-0.1, -0.05) is 6.92 Å². The van der Waals surface area contributed by atoms with Gasteiger partial charge in [-0.15, -0.1) is 0 Å². The second kappa shape index (κ2) is 6.56. The fourth-order valence-electron chi connectivity index (χ4n) is 1.25. The van der Waals surface area contributed by atoms with Crippen LogP contribution in [-0.2, 0) is 17.9 Å². The van der Waals surface area contributed by atoms with E-state index in [-0.39, 0.29) is 0 Å². The molecular weight excluding hydrogens is 178 g/mol. The van der Waals surface area contributed by atoms with Crippen molar-refractivity contribution in [1.82, 2.24) is 14.9 Å². The van der Waals surface area contributed by atoms with Crippen molar-refractivity contribution in [3.05, 3.63) is 18.2 Å². The van der Waals surface area contributed by atoms with Crippen molar-refractivity contribution in [3.8, 4) is 0 Å². The van der Waals surface area contributed by atoms with Crippen molar-refractivity contribution in [2.24, 2.45) is 0 Å². The van der Waals surface area contributed by atoms with Crippen LogP contribution in [0.2, 0.25) is 0 Å². The smallest absolute Gasteiger partial charge is 0.0948 e. The number of hydrogen-bond donors (Lipinski definition) is 1. The Balaban J connectivity index is 2.17. The first-order valence-electron chi connectivity index (χ1n) is 5.16. The van der Waals surface area contributed by atoms with Gasteiger partial charge in [0, 0.05) is 13.1 Å². The molecule has 1 aromatic heterocycles. The molecule has 1 aromatic rings. The lowest BCUT2D eigenvalue weighted by Gasteiger charge is -2.06. The maximum absolute atomic E-state index is 5.50. The van der Waals surface area contributed by atoms with E-state index in [4.69, 9.17) is 4.74 Å². The van der Waals surface area contributed by atoms with Gasteiger partial charge < -0.3 is 14.6 Å². The van der Waals surface area contributed by atoms with Crippen LogP contribution in [0.15, 0.2) is 12.5 Å². The molecule has 0 saturated carbocycles. The number of hydrogen-bond acceptors (Lipinski definition) is 3. The van der Waals surface area contributed by atoms with Crippen molar-refractivity contribution in [3.63, 3.8) is 0 Å². The zero-order chi connectivity index (χ0) is 10.2. The number of rotatable bonds is 7. The van der Waals surface area contributed by atoms with Crippen LogP contribution < -0.4 is 5.32 Å². The second-order valence-corrected chi connectivity index (χ2v) is 3.08. The van der Waals surface area contributed by atoms with E-state index in [2.05, 4.69) is 28.7 Å². The largest absolute Gasteiger partial charge is 0.374 e. The second-order valence-electron chi connectivity index (χ2n) is 3.08. The number of nitrogens with one attached hydrogen (secondary N) is 1. The topological polar surface area (TPSA) is 39.1 Å². The first-order valence-corrected chi connectivity index (χ1v) is 5.16. The highest BCUT2D eigenvalue weighted by Crippen LogP contribution is 2.00. The van der Waals surface area contributed by atoms with Crippen LogP contribution in [-0.4, -0.2) is 29.2 Å². The van der Waals surface area contributed by atoms with Crippen molar-refractivity contribution >= 4 is 0 Å². The quantitative estimate of drug-likeness (QED) is 0.664. The average molecular weight is 197 g/mol. The number of ether oxygens (including phenoxy) is 1. The van der Waals surface area contributed by atoms with Gasteiger partial charge >= 0.3 is 0 Å². The summed E-state index contributed by atoms with van der Waals surface area (Å²) in [5, 5.41) is 3.21. The summed E-state index contributed by atoms with van der Waals surface area (Å²) >= 11 is 0. The minimum Gasteiger partial charge on any atom is -0.374 e. The van der Waals surface area contributed by atoms with Crippen LogP contribution in [0.25, 0.3) is 0 Å². The monoisotopic (exact) mass is 197 g/mol. The molecule has 0 spiro atoms. The Hall–Kier alpha value is -0.870. The van der Waals surface area contributed by atoms with Gasteiger partial charge in [-0.2, -0.15) is 0 Å². The first kappa shape index (κ1) is 11.2. The number of aromatic nitrogens is 2. The van der Waals surface area contributed by atoms with Gasteiger partial charge in [-0.05, 0) is 13.5 Å². The Labute approximate surface area is 85.3 Å². The Bertz CT molecular complexity index is 247. The third-order valence-corrected chi connectivity index (χ3v) is 2.06. The highest BCUT2D eigenvalue weighted by atomic mass is 16.5. The minimum atomic E-state index is 0.652. The molecule has 14 heavy (non-hydrogen) atoms. The van der Waals surface area contributed by atoms with Crippen molar-refractivity contribution < 1.29 is 4.74 Å². The van der Waals surface area contributed by atoms with Crippen LogP contribution >= 0.6 is 0 Å². The summed E-state index contributed by atoms with van der Waals surface area (Å²) in [6.07, 6.45) is 3.69. The zero-order valence-corrected chi connectivity index (χ0v) is 8.99. The lowest BCUT2D eigenvalue weighted by atomic mass is 10.5. The third kappa shape index (κ3) is 3.47. The van der Waals surface area contributed by atoms with E-state index in [1.54, 1.807) is 0 Å². The van der Waals surface area contributed by atoms with E-state index < -0.39 is 0 Å². The molecule has 0 fully saturated rings. The highest BCUT2D eigenvalue weighted by Gasteiger charge is 1.99. The van der Waals surface area contributed by atoms with E-state index >= 15 is 0 Å². The lowest BCUT2D eigenvalue weighted by Crippen LogP contribution is -2.19. The van der Waals surface area contributed by atoms with E-state index in [1.807, 2.05) is 12.5 Å². The van der Waals surface area contributed by atoms with Gasteiger partial charge in [-0.25, -0.2) is 4.98 Å². The van der Waals surface area contributed by atoms with Crippen LogP contribution in [0.1, 0.15) is 19.5 Å². The summed E-state index contributed by atoms with van der Waals surface area (Å²) in [6.45, 7) is 8.46. The molecule has 0 saturated heterocycles. The summed E-state index contributed by atoms with van der Waals surface area (Å²) in [7, 11) is 0. The fraction of sp³-hybridized carbons (Fsp3) is 0.700. The summed E-state index contributed by atoms with van der Waals surface area (Å²) in [6, 6.07) is 0. The molecule has 0 aliphatic carbocycles. The van der Waals surface area contributed by atoms with Crippen molar-refractivity contribution in [2.75, 3.05) is 19.7 Å². The molecule has 0 aliphatic heterocycles. The van der Waals surface area contributed by atoms with Crippen LogP contribution in [0.4, 0.5) is 0 Å². The molecule has 0 bridgehead atoms. The molecule has 0 unspecified atom stereocenters. The third-order valence-electron chi connectivity index (χ3n) is 2.06. The minimum absolute atomic E-state index is 0.652. The Morgan fingerprint density at radius 3 is 3.07 bits per heavy atom. The highest BCUT2D eigenvalue weighted by molar-refractivity contribution is 4.95. The normalized spacial score (nSPS) is 10.7. The van der Waals surface area contributed by atoms with E-state index in [0.29, 0.717) is 6.61 Å². The Morgan fingerprint density at radius 2 is 2.36 bits per heavy atom. The van der Waals surface area contributed by atoms with E-state index in [9.17, 15) is 0 Å². The predicted octanol–water partition coefficient (Wildman–Crippen LogP) is 1.03. The van der Waals surface area contributed by atoms with Gasteiger partial charge in [0.15, 0.2) is 0 Å². The molecule has 4 heteroatoms. The van der Waals surface area contributed by atoms with Gasteiger partial charge in [-0.3, -0.25) is 0 Å². The maximum atomic E-state index is 5.50. The molecular formula is C10H19N3O. The molecule has 0 amide bonds. The molecule has 80 valence electrons.